The molecule has 4 nitrogen and oxygen atoms in total. The Bertz CT molecular complexity index is 632. The minimum atomic E-state index is -0.00874. The van der Waals surface area contributed by atoms with Crippen LogP contribution in [0.5, 0.6) is 0 Å². The van der Waals surface area contributed by atoms with E-state index in [4.69, 9.17) is 21.2 Å². The summed E-state index contributed by atoms with van der Waals surface area (Å²) in [5, 5.41) is 0.905. The number of ether oxygens (including phenoxy) is 1. The van der Waals surface area contributed by atoms with Crippen LogP contribution in [0.3, 0.4) is 0 Å². The van der Waals surface area contributed by atoms with Crippen LogP contribution in [0.15, 0.2) is 24.3 Å². The molecule has 0 radical (unpaired) electrons. The van der Waals surface area contributed by atoms with Gasteiger partial charge in [0.05, 0.1) is 29.2 Å². The van der Waals surface area contributed by atoms with Crippen molar-refractivity contribution in [2.75, 3.05) is 24.7 Å². The summed E-state index contributed by atoms with van der Waals surface area (Å²) in [7, 11) is 0. The molecule has 2 aromatic rings. The standard InChI is InChI=1S/C17H25N3O/c1-5-21-10-12(17(2,3)4)16-15(19)14(18)11-8-6-7-9-13(11)20-16/h6-9,12H,5,10,19H2,1-4H3,(H2,18,20)/t12-/m1/s1. The highest BCUT2D eigenvalue weighted by Gasteiger charge is 2.30. The van der Waals surface area contributed by atoms with Crippen molar-refractivity contribution in [3.63, 3.8) is 0 Å². The van der Waals surface area contributed by atoms with Crippen LogP contribution >= 0.6 is 0 Å². The summed E-state index contributed by atoms with van der Waals surface area (Å²) in [5.74, 6) is 0.101. The molecule has 2 rings (SSSR count). The van der Waals surface area contributed by atoms with Crippen LogP contribution in [-0.2, 0) is 4.74 Å². The highest BCUT2D eigenvalue weighted by atomic mass is 16.5. The lowest BCUT2D eigenvalue weighted by molar-refractivity contribution is 0.0964. The van der Waals surface area contributed by atoms with Gasteiger partial charge in [-0.2, -0.15) is 0 Å². The van der Waals surface area contributed by atoms with Crippen LogP contribution in [0.1, 0.15) is 39.3 Å². The van der Waals surface area contributed by atoms with Gasteiger partial charge >= 0.3 is 0 Å². The molecule has 1 aromatic heterocycles. The number of anilines is 2. The maximum atomic E-state index is 6.27. The molecule has 0 saturated carbocycles. The molecular formula is C17H25N3O. The van der Waals surface area contributed by atoms with Gasteiger partial charge in [-0.3, -0.25) is 4.98 Å². The third kappa shape index (κ3) is 3.10. The molecule has 4 N–H and O–H groups in total. The SMILES string of the molecule is CCOC[C@H](c1nc2ccccc2c(N)c1N)C(C)(C)C. The van der Waals surface area contributed by atoms with E-state index in [9.17, 15) is 0 Å². The molecule has 1 aromatic carbocycles. The summed E-state index contributed by atoms with van der Waals surface area (Å²) in [6.07, 6.45) is 0. The molecule has 0 spiro atoms. The number of nitrogens with zero attached hydrogens (tertiary/aromatic N) is 1. The van der Waals surface area contributed by atoms with E-state index in [1.807, 2.05) is 31.2 Å². The van der Waals surface area contributed by atoms with Gasteiger partial charge in [-0.25, -0.2) is 0 Å². The second-order valence-electron chi connectivity index (χ2n) is 6.42. The van der Waals surface area contributed by atoms with E-state index in [1.54, 1.807) is 0 Å². The molecule has 0 aliphatic carbocycles. The second-order valence-corrected chi connectivity index (χ2v) is 6.42. The first kappa shape index (κ1) is 15.6. The summed E-state index contributed by atoms with van der Waals surface area (Å²) in [5.41, 5.74) is 15.4. The third-order valence-electron chi connectivity index (χ3n) is 3.87. The smallest absolute Gasteiger partial charge is 0.0777 e. The lowest BCUT2D eigenvalue weighted by Crippen LogP contribution is -2.25. The normalized spacial score (nSPS) is 13.5. The first-order valence-corrected chi connectivity index (χ1v) is 7.37. The zero-order valence-corrected chi connectivity index (χ0v) is 13.3. The van der Waals surface area contributed by atoms with Crippen molar-refractivity contribution >= 4 is 22.3 Å². The molecule has 0 amide bonds. The largest absolute Gasteiger partial charge is 0.396 e. The van der Waals surface area contributed by atoms with Crippen molar-refractivity contribution in [2.45, 2.75) is 33.6 Å². The zero-order valence-electron chi connectivity index (χ0n) is 13.3. The van der Waals surface area contributed by atoms with Crippen LogP contribution < -0.4 is 11.5 Å². The van der Waals surface area contributed by atoms with Gasteiger partial charge in [-0.05, 0) is 18.4 Å². The molecule has 21 heavy (non-hydrogen) atoms. The molecule has 114 valence electrons. The van der Waals surface area contributed by atoms with Gasteiger partial charge in [0, 0.05) is 17.9 Å². The second kappa shape index (κ2) is 5.90. The Morgan fingerprint density at radius 2 is 1.81 bits per heavy atom. The van der Waals surface area contributed by atoms with Crippen LogP contribution in [-0.4, -0.2) is 18.2 Å². The Balaban J connectivity index is 2.59. The van der Waals surface area contributed by atoms with Gasteiger partial charge in [0.15, 0.2) is 0 Å². The fourth-order valence-corrected chi connectivity index (χ4v) is 2.51. The van der Waals surface area contributed by atoms with E-state index in [1.165, 1.54) is 0 Å². The molecule has 0 saturated heterocycles. The van der Waals surface area contributed by atoms with E-state index >= 15 is 0 Å². The number of benzene rings is 1. The molecule has 4 heteroatoms. The van der Waals surface area contributed by atoms with Crippen molar-refractivity contribution in [1.29, 1.82) is 0 Å². The van der Waals surface area contributed by atoms with Gasteiger partial charge in [0.25, 0.3) is 0 Å². The number of hydrogen-bond acceptors (Lipinski definition) is 4. The average Bonchev–Trinajstić information content (AvgIpc) is 2.43. The number of rotatable bonds is 4. The van der Waals surface area contributed by atoms with E-state index in [2.05, 4.69) is 20.8 Å². The van der Waals surface area contributed by atoms with Gasteiger partial charge in [0.1, 0.15) is 0 Å². The van der Waals surface area contributed by atoms with E-state index in [0.717, 1.165) is 16.6 Å². The topological polar surface area (TPSA) is 74.2 Å². The molecule has 0 bridgehead atoms. The van der Waals surface area contributed by atoms with Crippen molar-refractivity contribution in [1.82, 2.24) is 4.98 Å². The predicted molar refractivity (Wildman–Crippen MR) is 89.3 cm³/mol. The van der Waals surface area contributed by atoms with E-state index < -0.39 is 0 Å². The van der Waals surface area contributed by atoms with Crippen LogP contribution in [0.25, 0.3) is 10.9 Å². The molecule has 1 heterocycles. The Morgan fingerprint density at radius 1 is 1.14 bits per heavy atom. The Labute approximate surface area is 126 Å². The number of aromatic nitrogens is 1. The van der Waals surface area contributed by atoms with Crippen LogP contribution in [0.4, 0.5) is 11.4 Å². The van der Waals surface area contributed by atoms with Crippen molar-refractivity contribution < 1.29 is 4.74 Å². The molecular weight excluding hydrogens is 262 g/mol. The zero-order chi connectivity index (χ0) is 15.6. The summed E-state index contributed by atoms with van der Waals surface area (Å²) < 4.78 is 5.65. The average molecular weight is 287 g/mol. The summed E-state index contributed by atoms with van der Waals surface area (Å²) in [4.78, 5) is 4.77. The van der Waals surface area contributed by atoms with Gasteiger partial charge in [-0.1, -0.05) is 39.0 Å². The number of fused-ring (bicyclic) bond motifs is 1. The Hall–Kier alpha value is -1.81. The predicted octanol–water partition coefficient (Wildman–Crippen LogP) is 3.57. The molecule has 0 aliphatic heterocycles. The lowest BCUT2D eigenvalue weighted by Gasteiger charge is -2.31. The highest BCUT2D eigenvalue weighted by Crippen LogP contribution is 2.40. The number of hydrogen-bond donors (Lipinski definition) is 2. The first-order chi connectivity index (χ1) is 9.86. The fourth-order valence-electron chi connectivity index (χ4n) is 2.51. The Morgan fingerprint density at radius 3 is 2.43 bits per heavy atom. The number of para-hydroxylation sites is 1. The number of nitrogens with two attached hydrogens (primary N) is 2. The molecule has 0 fully saturated rings. The van der Waals surface area contributed by atoms with Crippen molar-refractivity contribution in [3.05, 3.63) is 30.0 Å². The quantitative estimate of drug-likeness (QED) is 0.901. The van der Waals surface area contributed by atoms with Crippen LogP contribution in [0.2, 0.25) is 0 Å². The van der Waals surface area contributed by atoms with Crippen LogP contribution in [0, 0.1) is 5.41 Å². The molecule has 0 aliphatic rings. The number of nitrogen functional groups attached to an aromatic ring is 2. The monoisotopic (exact) mass is 287 g/mol. The summed E-state index contributed by atoms with van der Waals surface area (Å²) >= 11 is 0. The van der Waals surface area contributed by atoms with Crippen molar-refractivity contribution in [3.8, 4) is 0 Å². The van der Waals surface area contributed by atoms with Gasteiger partial charge in [-0.15, -0.1) is 0 Å². The number of pyridine rings is 1. The molecule has 0 unspecified atom stereocenters. The fraction of sp³-hybridized carbons (Fsp3) is 0.471. The Kier molecular flexibility index (Phi) is 4.37. The van der Waals surface area contributed by atoms with E-state index in [0.29, 0.717) is 24.6 Å². The minimum absolute atomic E-state index is 0.00874. The van der Waals surface area contributed by atoms with Crippen molar-refractivity contribution in [2.24, 2.45) is 5.41 Å². The molecule has 1 atom stereocenters. The third-order valence-corrected chi connectivity index (χ3v) is 3.87. The lowest BCUT2D eigenvalue weighted by atomic mass is 9.78. The van der Waals surface area contributed by atoms with Gasteiger partial charge in [0.2, 0.25) is 0 Å². The summed E-state index contributed by atoms with van der Waals surface area (Å²) in [6, 6.07) is 7.83. The van der Waals surface area contributed by atoms with Gasteiger partial charge < -0.3 is 16.2 Å². The maximum absolute atomic E-state index is 6.27. The first-order valence-electron chi connectivity index (χ1n) is 7.37. The highest BCUT2D eigenvalue weighted by molar-refractivity contribution is 5.96. The summed E-state index contributed by atoms with van der Waals surface area (Å²) in [6.45, 7) is 9.77. The minimum Gasteiger partial charge on any atom is -0.396 e. The maximum Gasteiger partial charge on any atom is 0.0777 e. The van der Waals surface area contributed by atoms with E-state index in [-0.39, 0.29) is 11.3 Å².